The van der Waals surface area contributed by atoms with Gasteiger partial charge in [0, 0.05) is 18.3 Å². The second-order valence-electron chi connectivity index (χ2n) is 5.15. The highest BCUT2D eigenvalue weighted by atomic mass is 16.6. The van der Waals surface area contributed by atoms with E-state index < -0.39 is 6.09 Å². The second-order valence-corrected chi connectivity index (χ2v) is 5.15. The summed E-state index contributed by atoms with van der Waals surface area (Å²) in [6.07, 6.45) is 7.08. The fourth-order valence-corrected chi connectivity index (χ4v) is 2.42. The Morgan fingerprint density at radius 1 is 0.955 bits per heavy atom. The van der Waals surface area contributed by atoms with E-state index in [4.69, 9.17) is 4.74 Å². The van der Waals surface area contributed by atoms with E-state index in [1.54, 1.807) is 24.5 Å². The first kappa shape index (κ1) is 14.1. The third kappa shape index (κ3) is 3.09. The van der Waals surface area contributed by atoms with Gasteiger partial charge in [0.25, 0.3) is 0 Å². The maximum Gasteiger partial charge on any atom is 0.423 e. The summed E-state index contributed by atoms with van der Waals surface area (Å²) in [6, 6.07) is 17.3. The zero-order valence-corrected chi connectivity index (χ0v) is 12.3. The van der Waals surface area contributed by atoms with Gasteiger partial charge in [-0.3, -0.25) is 4.90 Å². The average molecular weight is 291 g/mol. The van der Waals surface area contributed by atoms with Crippen molar-refractivity contribution in [3.63, 3.8) is 0 Å². The van der Waals surface area contributed by atoms with Gasteiger partial charge in [-0.15, -0.1) is 0 Å². The molecule has 1 amide bonds. The Balaban J connectivity index is 1.68. The van der Waals surface area contributed by atoms with Crippen LogP contribution in [0.25, 0.3) is 0 Å². The van der Waals surface area contributed by atoms with Crippen molar-refractivity contribution in [2.75, 3.05) is 0 Å². The summed E-state index contributed by atoms with van der Waals surface area (Å²) in [6.45, 7) is 2.09. The third-order valence-electron chi connectivity index (χ3n) is 3.61. The van der Waals surface area contributed by atoms with Crippen LogP contribution in [0.5, 0.6) is 5.75 Å². The number of rotatable bonds is 2. The highest BCUT2D eigenvalue weighted by molar-refractivity contribution is 5.73. The van der Waals surface area contributed by atoms with Crippen LogP contribution in [0.15, 0.2) is 79.1 Å². The molecule has 0 atom stereocenters. The zero-order chi connectivity index (χ0) is 15.4. The van der Waals surface area contributed by atoms with Crippen molar-refractivity contribution in [2.45, 2.75) is 12.8 Å². The van der Waals surface area contributed by atoms with E-state index in [2.05, 4.69) is 19.1 Å². The van der Waals surface area contributed by atoms with Gasteiger partial charge in [-0.1, -0.05) is 54.6 Å². The maximum atomic E-state index is 12.1. The first-order chi connectivity index (χ1) is 10.7. The lowest BCUT2D eigenvalue weighted by Gasteiger charge is -2.20. The van der Waals surface area contributed by atoms with E-state index in [9.17, 15) is 4.79 Å². The number of carbonyl (C=O) groups is 1. The van der Waals surface area contributed by atoms with Gasteiger partial charge in [0.05, 0.1) is 0 Å². The number of ether oxygens (including phenoxy) is 1. The summed E-state index contributed by atoms with van der Waals surface area (Å²) in [7, 11) is 0. The molecule has 0 saturated heterocycles. The molecule has 0 bridgehead atoms. The molecule has 0 radical (unpaired) electrons. The molecule has 0 aliphatic carbocycles. The highest BCUT2D eigenvalue weighted by Gasteiger charge is 2.16. The summed E-state index contributed by atoms with van der Waals surface area (Å²) in [5.41, 5.74) is 2.48. The largest absolute Gasteiger partial charge is 0.423 e. The molecule has 3 heteroatoms. The van der Waals surface area contributed by atoms with Crippen molar-refractivity contribution < 1.29 is 9.53 Å². The highest BCUT2D eigenvalue weighted by Crippen LogP contribution is 2.25. The molecule has 0 fully saturated rings. The Labute approximate surface area is 130 Å². The zero-order valence-electron chi connectivity index (χ0n) is 12.3. The first-order valence-corrected chi connectivity index (χ1v) is 7.21. The summed E-state index contributed by atoms with van der Waals surface area (Å²) in [5, 5.41) is 0. The third-order valence-corrected chi connectivity index (χ3v) is 3.61. The van der Waals surface area contributed by atoms with Crippen molar-refractivity contribution in [1.29, 1.82) is 0 Å². The number of hydrogen-bond donors (Lipinski definition) is 0. The quantitative estimate of drug-likeness (QED) is 0.808. The summed E-state index contributed by atoms with van der Waals surface area (Å²) in [4.78, 5) is 13.5. The summed E-state index contributed by atoms with van der Waals surface area (Å²) in [5.74, 6) is 0.720. The van der Waals surface area contributed by atoms with Gasteiger partial charge in [0.2, 0.25) is 0 Å². The van der Waals surface area contributed by atoms with Crippen molar-refractivity contribution >= 4 is 6.09 Å². The van der Waals surface area contributed by atoms with E-state index in [0.29, 0.717) is 5.75 Å². The molecule has 22 heavy (non-hydrogen) atoms. The van der Waals surface area contributed by atoms with E-state index in [-0.39, 0.29) is 5.92 Å². The van der Waals surface area contributed by atoms with Gasteiger partial charge in [-0.2, -0.15) is 0 Å². The number of carbonyl (C=O) groups excluding carboxylic acids is 1. The molecule has 110 valence electrons. The molecule has 0 unspecified atom stereocenters. The molecule has 2 aromatic carbocycles. The lowest BCUT2D eigenvalue weighted by atomic mass is 9.94. The number of benzene rings is 2. The number of nitrogens with zero attached hydrogens (tertiary/aromatic N) is 1. The molecular weight excluding hydrogens is 274 g/mol. The predicted molar refractivity (Wildman–Crippen MR) is 86.5 cm³/mol. The van der Waals surface area contributed by atoms with E-state index >= 15 is 0 Å². The van der Waals surface area contributed by atoms with Gasteiger partial charge < -0.3 is 4.74 Å². The Hall–Kier alpha value is -2.81. The minimum absolute atomic E-state index is 0.182. The predicted octanol–water partition coefficient (Wildman–Crippen LogP) is 4.62. The number of amides is 1. The minimum atomic E-state index is -0.415. The Morgan fingerprint density at radius 2 is 1.59 bits per heavy atom. The number of aryl methyl sites for hydroxylation is 1. The van der Waals surface area contributed by atoms with Gasteiger partial charge in [-0.25, -0.2) is 4.79 Å². The molecule has 3 rings (SSSR count). The van der Waals surface area contributed by atoms with E-state index in [0.717, 1.165) is 0 Å². The van der Waals surface area contributed by atoms with Crippen LogP contribution in [0.2, 0.25) is 0 Å². The standard InChI is InChI=1S/C19H17NO2/c1-15-7-5-6-10-18(15)16-11-13-20(14-12-16)19(21)22-17-8-3-2-4-9-17/h2-14,16H,1H3. The minimum Gasteiger partial charge on any atom is -0.410 e. The van der Waals surface area contributed by atoms with Crippen LogP contribution in [0.1, 0.15) is 17.0 Å². The molecule has 0 N–H and O–H groups in total. The van der Waals surface area contributed by atoms with Gasteiger partial charge >= 0.3 is 6.09 Å². The van der Waals surface area contributed by atoms with Crippen LogP contribution < -0.4 is 4.74 Å². The number of para-hydroxylation sites is 1. The normalized spacial score (nSPS) is 14.1. The average Bonchev–Trinajstić information content (AvgIpc) is 2.56. The Morgan fingerprint density at radius 3 is 2.27 bits per heavy atom. The molecule has 1 aliphatic rings. The van der Waals surface area contributed by atoms with Crippen LogP contribution in [-0.4, -0.2) is 11.0 Å². The summed E-state index contributed by atoms with van der Waals surface area (Å²) < 4.78 is 5.30. The molecule has 0 spiro atoms. The lowest BCUT2D eigenvalue weighted by Crippen LogP contribution is -2.25. The van der Waals surface area contributed by atoms with Crippen LogP contribution >= 0.6 is 0 Å². The van der Waals surface area contributed by atoms with Gasteiger partial charge in [0.15, 0.2) is 0 Å². The van der Waals surface area contributed by atoms with Crippen LogP contribution in [0.4, 0.5) is 4.79 Å². The van der Waals surface area contributed by atoms with Gasteiger partial charge in [0.1, 0.15) is 5.75 Å². The SMILES string of the molecule is Cc1ccccc1C1C=CN(C(=O)Oc2ccccc2)C=C1. The van der Waals surface area contributed by atoms with E-state index in [1.807, 2.05) is 42.5 Å². The first-order valence-electron chi connectivity index (χ1n) is 7.21. The lowest BCUT2D eigenvalue weighted by molar-refractivity contribution is 0.181. The van der Waals surface area contributed by atoms with Crippen LogP contribution in [-0.2, 0) is 0 Å². The number of hydrogen-bond acceptors (Lipinski definition) is 2. The van der Waals surface area contributed by atoms with Crippen LogP contribution in [0, 0.1) is 6.92 Å². The maximum absolute atomic E-state index is 12.1. The molecule has 0 aromatic heterocycles. The molecular formula is C19H17NO2. The van der Waals surface area contributed by atoms with Crippen LogP contribution in [0.3, 0.4) is 0 Å². The number of allylic oxidation sites excluding steroid dienone is 2. The van der Waals surface area contributed by atoms with Gasteiger partial charge in [-0.05, 0) is 30.2 Å². The fourth-order valence-electron chi connectivity index (χ4n) is 2.42. The Kier molecular flexibility index (Phi) is 4.05. The topological polar surface area (TPSA) is 29.5 Å². The monoisotopic (exact) mass is 291 g/mol. The molecule has 2 aromatic rings. The van der Waals surface area contributed by atoms with E-state index in [1.165, 1.54) is 16.0 Å². The fraction of sp³-hybridized carbons (Fsp3) is 0.105. The second kappa shape index (κ2) is 6.31. The smallest absolute Gasteiger partial charge is 0.410 e. The summed E-state index contributed by atoms with van der Waals surface area (Å²) >= 11 is 0. The van der Waals surface area contributed by atoms with Crippen molar-refractivity contribution in [1.82, 2.24) is 4.90 Å². The van der Waals surface area contributed by atoms with Crippen molar-refractivity contribution in [3.8, 4) is 5.75 Å². The molecule has 3 nitrogen and oxygen atoms in total. The molecule has 1 aliphatic heterocycles. The molecule has 1 heterocycles. The molecule has 0 saturated carbocycles. The van der Waals surface area contributed by atoms with Crippen molar-refractivity contribution in [2.24, 2.45) is 0 Å². The Bertz CT molecular complexity index is 705. The van der Waals surface area contributed by atoms with Crippen molar-refractivity contribution in [3.05, 3.63) is 90.3 Å².